The Kier molecular flexibility index (Phi) is 1.99. The molecule has 0 unspecified atom stereocenters. The van der Waals surface area contributed by atoms with Crippen molar-refractivity contribution in [3.8, 4) is 5.88 Å². The van der Waals surface area contributed by atoms with E-state index in [1.165, 1.54) is 0 Å². The van der Waals surface area contributed by atoms with E-state index in [-0.39, 0.29) is 6.42 Å². The van der Waals surface area contributed by atoms with E-state index in [1.807, 2.05) is 0 Å². The highest BCUT2D eigenvalue weighted by atomic mass is 79.9. The van der Waals surface area contributed by atoms with Crippen LogP contribution < -0.4 is 4.74 Å². The molecule has 1 aromatic rings. The molecule has 0 bridgehead atoms. The summed E-state index contributed by atoms with van der Waals surface area (Å²) in [5.74, 6) is -0.256. The summed E-state index contributed by atoms with van der Waals surface area (Å²) >= 11 is 3.26. The van der Waals surface area contributed by atoms with Gasteiger partial charge in [-0.05, 0) is 15.9 Å². The number of ether oxygens (including phenoxy) is 1. The molecule has 0 radical (unpaired) electrons. The maximum Gasteiger partial charge on any atom is 0.309 e. The molecule has 1 aromatic heterocycles. The number of carboxylic acids is 1. The minimum Gasteiger partial charge on any atom is -0.481 e. The second-order valence-corrected chi connectivity index (χ2v) is 3.50. The summed E-state index contributed by atoms with van der Waals surface area (Å²) in [6.45, 7) is 1.29. The third-order valence-corrected chi connectivity index (χ3v) is 2.57. The lowest BCUT2D eigenvalue weighted by atomic mass is 10.3. The Hall–Kier alpha value is -1.04. The first-order valence-corrected chi connectivity index (χ1v) is 4.57. The van der Waals surface area contributed by atoms with Gasteiger partial charge >= 0.3 is 5.97 Å². The Morgan fingerprint density at radius 3 is 3.15 bits per heavy atom. The van der Waals surface area contributed by atoms with Crippen LogP contribution in [0.2, 0.25) is 0 Å². The maximum absolute atomic E-state index is 10.4. The second-order valence-electron chi connectivity index (χ2n) is 2.71. The molecular formula is C7H7BrN2O3. The lowest BCUT2D eigenvalue weighted by Crippen LogP contribution is -2.04. The van der Waals surface area contributed by atoms with E-state index in [2.05, 4.69) is 21.0 Å². The molecule has 1 aliphatic heterocycles. The SMILES string of the molecule is O=C(O)Cc1nn2c(c1Br)OCC2. The lowest BCUT2D eigenvalue weighted by molar-refractivity contribution is -0.136. The van der Waals surface area contributed by atoms with Gasteiger partial charge in [-0.1, -0.05) is 0 Å². The average Bonchev–Trinajstić information content (AvgIpc) is 2.56. The fraction of sp³-hybridized carbons (Fsp3) is 0.429. The summed E-state index contributed by atoms with van der Waals surface area (Å²) in [7, 11) is 0. The molecular weight excluding hydrogens is 240 g/mol. The van der Waals surface area contributed by atoms with Gasteiger partial charge in [-0.3, -0.25) is 4.79 Å². The van der Waals surface area contributed by atoms with Crippen LogP contribution in [0.4, 0.5) is 0 Å². The van der Waals surface area contributed by atoms with Gasteiger partial charge in [-0.25, -0.2) is 4.68 Å². The normalized spacial score (nSPS) is 13.9. The zero-order chi connectivity index (χ0) is 9.42. The fourth-order valence-electron chi connectivity index (χ4n) is 1.25. The van der Waals surface area contributed by atoms with E-state index in [4.69, 9.17) is 9.84 Å². The van der Waals surface area contributed by atoms with Crippen molar-refractivity contribution in [3.63, 3.8) is 0 Å². The third-order valence-electron chi connectivity index (χ3n) is 1.78. The molecule has 0 saturated heterocycles. The predicted octanol–water partition coefficient (Wildman–Crippen LogP) is 0.665. The monoisotopic (exact) mass is 246 g/mol. The van der Waals surface area contributed by atoms with Crippen LogP contribution in [-0.2, 0) is 17.8 Å². The summed E-state index contributed by atoms with van der Waals surface area (Å²) in [5, 5.41) is 12.7. The quantitative estimate of drug-likeness (QED) is 0.833. The summed E-state index contributed by atoms with van der Waals surface area (Å²) < 4.78 is 7.58. The molecule has 0 spiro atoms. The largest absolute Gasteiger partial charge is 0.481 e. The second kappa shape index (κ2) is 3.02. The minimum atomic E-state index is -0.891. The predicted molar refractivity (Wildman–Crippen MR) is 46.8 cm³/mol. The van der Waals surface area contributed by atoms with Gasteiger partial charge in [-0.2, -0.15) is 5.10 Å². The number of aromatic nitrogens is 2. The Balaban J connectivity index is 2.33. The number of rotatable bonds is 2. The number of hydrogen-bond acceptors (Lipinski definition) is 3. The molecule has 0 fully saturated rings. The molecule has 13 heavy (non-hydrogen) atoms. The highest BCUT2D eigenvalue weighted by molar-refractivity contribution is 9.10. The van der Waals surface area contributed by atoms with Gasteiger partial charge in [0.2, 0.25) is 5.88 Å². The summed E-state index contributed by atoms with van der Waals surface area (Å²) in [5.41, 5.74) is 0.516. The number of aliphatic carboxylic acids is 1. The first-order valence-electron chi connectivity index (χ1n) is 3.78. The Morgan fingerprint density at radius 2 is 2.54 bits per heavy atom. The fourth-order valence-corrected chi connectivity index (χ4v) is 1.78. The van der Waals surface area contributed by atoms with Gasteiger partial charge in [0.15, 0.2) is 0 Å². The van der Waals surface area contributed by atoms with Crippen molar-refractivity contribution in [1.29, 1.82) is 0 Å². The van der Waals surface area contributed by atoms with E-state index in [0.717, 1.165) is 0 Å². The van der Waals surface area contributed by atoms with E-state index >= 15 is 0 Å². The van der Waals surface area contributed by atoms with Crippen LogP contribution in [0.3, 0.4) is 0 Å². The Bertz CT molecular complexity index is 361. The standard InChI is InChI=1S/C7H7BrN2O3/c8-6-4(3-5(11)12)9-10-1-2-13-7(6)10/h1-3H2,(H,11,12). The van der Waals surface area contributed by atoms with Crippen molar-refractivity contribution in [1.82, 2.24) is 9.78 Å². The van der Waals surface area contributed by atoms with Crippen LogP contribution in [0.5, 0.6) is 5.88 Å². The molecule has 0 saturated carbocycles. The molecule has 1 N–H and O–H groups in total. The molecule has 70 valence electrons. The van der Waals surface area contributed by atoms with Crippen LogP contribution >= 0.6 is 15.9 Å². The third kappa shape index (κ3) is 1.41. The number of carbonyl (C=O) groups is 1. The van der Waals surface area contributed by atoms with Crippen LogP contribution in [0.1, 0.15) is 5.69 Å². The molecule has 0 aliphatic carbocycles. The van der Waals surface area contributed by atoms with E-state index in [9.17, 15) is 4.79 Å². The molecule has 1 aliphatic rings. The summed E-state index contributed by atoms with van der Waals surface area (Å²) in [6, 6.07) is 0. The number of fused-ring (bicyclic) bond motifs is 1. The maximum atomic E-state index is 10.4. The van der Waals surface area contributed by atoms with Crippen LogP contribution in [0.25, 0.3) is 0 Å². The van der Waals surface area contributed by atoms with Crippen molar-refractivity contribution < 1.29 is 14.6 Å². The first-order chi connectivity index (χ1) is 6.18. The molecule has 0 aromatic carbocycles. The van der Waals surface area contributed by atoms with Gasteiger partial charge in [0, 0.05) is 0 Å². The first kappa shape index (κ1) is 8.55. The van der Waals surface area contributed by atoms with Gasteiger partial charge in [0.1, 0.15) is 11.1 Å². The molecule has 6 heteroatoms. The molecule has 2 heterocycles. The van der Waals surface area contributed by atoms with Crippen molar-refractivity contribution in [2.45, 2.75) is 13.0 Å². The summed E-state index contributed by atoms with van der Waals surface area (Å²) in [4.78, 5) is 10.4. The van der Waals surface area contributed by atoms with Crippen LogP contribution in [0, 0.1) is 0 Å². The van der Waals surface area contributed by atoms with Crippen LogP contribution in [0.15, 0.2) is 4.47 Å². The Morgan fingerprint density at radius 1 is 1.77 bits per heavy atom. The molecule has 2 rings (SSSR count). The highest BCUT2D eigenvalue weighted by Gasteiger charge is 2.22. The van der Waals surface area contributed by atoms with Gasteiger partial charge in [-0.15, -0.1) is 0 Å². The highest BCUT2D eigenvalue weighted by Crippen LogP contribution is 2.31. The number of hydrogen-bond donors (Lipinski definition) is 1. The number of carboxylic acid groups (broad SMARTS) is 1. The topological polar surface area (TPSA) is 64.3 Å². The molecule has 5 nitrogen and oxygen atoms in total. The van der Waals surface area contributed by atoms with E-state index in [1.54, 1.807) is 4.68 Å². The summed E-state index contributed by atoms with van der Waals surface area (Å²) in [6.07, 6.45) is -0.0794. The van der Waals surface area contributed by atoms with E-state index < -0.39 is 5.97 Å². The van der Waals surface area contributed by atoms with Gasteiger partial charge in [0.05, 0.1) is 18.7 Å². The number of nitrogens with zero attached hydrogens (tertiary/aromatic N) is 2. The van der Waals surface area contributed by atoms with Crippen molar-refractivity contribution in [2.24, 2.45) is 0 Å². The lowest BCUT2D eigenvalue weighted by Gasteiger charge is -1.93. The average molecular weight is 247 g/mol. The zero-order valence-corrected chi connectivity index (χ0v) is 8.24. The Labute approximate surface area is 82.4 Å². The van der Waals surface area contributed by atoms with Crippen molar-refractivity contribution in [2.75, 3.05) is 6.61 Å². The van der Waals surface area contributed by atoms with Crippen molar-refractivity contribution >= 4 is 21.9 Å². The molecule has 0 atom stereocenters. The van der Waals surface area contributed by atoms with Crippen LogP contribution in [-0.4, -0.2) is 27.5 Å². The van der Waals surface area contributed by atoms with Crippen molar-refractivity contribution in [3.05, 3.63) is 10.2 Å². The number of halogens is 1. The minimum absolute atomic E-state index is 0.0794. The van der Waals surface area contributed by atoms with E-state index in [0.29, 0.717) is 29.2 Å². The smallest absolute Gasteiger partial charge is 0.309 e. The zero-order valence-electron chi connectivity index (χ0n) is 6.66. The molecule has 0 amide bonds. The van der Waals surface area contributed by atoms with Gasteiger partial charge in [0.25, 0.3) is 0 Å². The van der Waals surface area contributed by atoms with Gasteiger partial charge < -0.3 is 9.84 Å².